The number of hydrogen-bond donors (Lipinski definition) is 0. The number of carbonyl (C=O) groups is 1. The number of halogens is 1. The topological polar surface area (TPSA) is 38.1 Å². The van der Waals surface area contributed by atoms with Gasteiger partial charge in [0.05, 0.1) is 17.8 Å². The zero-order valence-corrected chi connectivity index (χ0v) is 16.8. The molecule has 0 saturated carbocycles. The second-order valence-corrected chi connectivity index (χ2v) is 7.30. The van der Waals surface area contributed by atoms with Crippen LogP contribution in [0.25, 0.3) is 0 Å². The Morgan fingerprint density at radius 1 is 1.08 bits per heavy atom. The molecule has 1 amide bonds. The van der Waals surface area contributed by atoms with Crippen molar-refractivity contribution >= 4 is 21.8 Å². The largest absolute Gasteiger partial charge is 0.337 e. The fourth-order valence-corrected chi connectivity index (χ4v) is 3.47. The molecule has 1 aromatic heterocycles. The van der Waals surface area contributed by atoms with Crippen LogP contribution in [0, 0.1) is 13.8 Å². The Hall–Kier alpha value is -2.40. The molecule has 0 fully saturated rings. The Labute approximate surface area is 162 Å². The van der Waals surface area contributed by atoms with Crippen LogP contribution >= 0.6 is 15.9 Å². The van der Waals surface area contributed by atoms with Crippen molar-refractivity contribution in [1.29, 1.82) is 0 Å². The molecule has 0 N–H and O–H groups in total. The average molecular weight is 412 g/mol. The molecule has 0 atom stereocenters. The van der Waals surface area contributed by atoms with Gasteiger partial charge in [-0.15, -0.1) is 0 Å². The van der Waals surface area contributed by atoms with E-state index in [4.69, 9.17) is 0 Å². The first kappa shape index (κ1) is 18.4. The van der Waals surface area contributed by atoms with Gasteiger partial charge in [0.25, 0.3) is 5.91 Å². The molecule has 26 heavy (non-hydrogen) atoms. The van der Waals surface area contributed by atoms with Gasteiger partial charge in [-0.2, -0.15) is 5.10 Å². The van der Waals surface area contributed by atoms with Gasteiger partial charge in [0.2, 0.25) is 0 Å². The van der Waals surface area contributed by atoms with E-state index in [-0.39, 0.29) is 5.91 Å². The highest BCUT2D eigenvalue weighted by atomic mass is 79.9. The van der Waals surface area contributed by atoms with Gasteiger partial charge in [-0.3, -0.25) is 9.48 Å². The van der Waals surface area contributed by atoms with E-state index in [0.29, 0.717) is 18.7 Å². The average Bonchev–Trinajstić information content (AvgIpc) is 2.90. The molecule has 3 aromatic rings. The molecule has 0 spiro atoms. The summed E-state index contributed by atoms with van der Waals surface area (Å²) in [7, 11) is 1.83. The molecule has 5 heteroatoms. The standard InChI is InChI=1S/C21H22BrN3O/c1-15-20(16(2)25(23-15)13-17-9-5-4-6-10-17)21(26)24(3)14-18-11-7-8-12-19(18)22/h4-12H,13-14H2,1-3H3. The molecular weight excluding hydrogens is 390 g/mol. The molecule has 4 nitrogen and oxygen atoms in total. The van der Waals surface area contributed by atoms with E-state index in [1.165, 1.54) is 5.56 Å². The fraction of sp³-hybridized carbons (Fsp3) is 0.238. The van der Waals surface area contributed by atoms with E-state index in [2.05, 4.69) is 33.2 Å². The zero-order valence-electron chi connectivity index (χ0n) is 15.2. The predicted octanol–water partition coefficient (Wildman–Crippen LogP) is 4.58. The van der Waals surface area contributed by atoms with Crippen LogP contribution in [0.4, 0.5) is 0 Å². The van der Waals surface area contributed by atoms with E-state index in [9.17, 15) is 4.79 Å². The van der Waals surface area contributed by atoms with Gasteiger partial charge in [0, 0.05) is 23.8 Å². The van der Waals surface area contributed by atoms with Crippen LogP contribution in [0.2, 0.25) is 0 Å². The number of benzene rings is 2. The normalized spacial score (nSPS) is 10.8. The Morgan fingerprint density at radius 3 is 2.42 bits per heavy atom. The van der Waals surface area contributed by atoms with Crippen molar-refractivity contribution in [3.63, 3.8) is 0 Å². The summed E-state index contributed by atoms with van der Waals surface area (Å²) in [5.74, 6) is -0.00457. The molecule has 0 unspecified atom stereocenters. The minimum absolute atomic E-state index is 0.00457. The van der Waals surface area contributed by atoms with Crippen LogP contribution in [-0.2, 0) is 13.1 Å². The number of aryl methyl sites for hydroxylation is 1. The fourth-order valence-electron chi connectivity index (χ4n) is 3.06. The Bertz CT molecular complexity index is 918. The number of aromatic nitrogens is 2. The van der Waals surface area contributed by atoms with Crippen LogP contribution in [0.1, 0.15) is 32.9 Å². The smallest absolute Gasteiger partial charge is 0.257 e. The van der Waals surface area contributed by atoms with Crippen LogP contribution in [-0.4, -0.2) is 27.6 Å². The molecule has 2 aromatic carbocycles. The molecule has 0 aliphatic carbocycles. The lowest BCUT2D eigenvalue weighted by Gasteiger charge is -2.18. The van der Waals surface area contributed by atoms with Crippen molar-refractivity contribution in [3.05, 3.63) is 87.1 Å². The molecule has 0 aliphatic heterocycles. The van der Waals surface area contributed by atoms with Crippen molar-refractivity contribution in [2.24, 2.45) is 0 Å². The first-order chi connectivity index (χ1) is 12.5. The monoisotopic (exact) mass is 411 g/mol. The van der Waals surface area contributed by atoms with Crippen LogP contribution < -0.4 is 0 Å². The minimum atomic E-state index is -0.00457. The van der Waals surface area contributed by atoms with Crippen molar-refractivity contribution in [2.45, 2.75) is 26.9 Å². The van der Waals surface area contributed by atoms with Gasteiger partial charge in [0.15, 0.2) is 0 Å². The molecule has 0 bridgehead atoms. The maximum absolute atomic E-state index is 13.0. The van der Waals surface area contributed by atoms with Crippen molar-refractivity contribution < 1.29 is 4.79 Å². The van der Waals surface area contributed by atoms with E-state index in [0.717, 1.165) is 21.4 Å². The highest BCUT2D eigenvalue weighted by Crippen LogP contribution is 2.21. The molecule has 0 radical (unpaired) electrons. The lowest BCUT2D eigenvalue weighted by atomic mass is 10.1. The number of rotatable bonds is 5. The van der Waals surface area contributed by atoms with Gasteiger partial charge < -0.3 is 4.90 Å². The first-order valence-corrected chi connectivity index (χ1v) is 9.33. The van der Waals surface area contributed by atoms with E-state index >= 15 is 0 Å². The first-order valence-electron chi connectivity index (χ1n) is 8.54. The van der Waals surface area contributed by atoms with Crippen LogP contribution in [0.3, 0.4) is 0 Å². The zero-order chi connectivity index (χ0) is 18.7. The molecule has 0 aliphatic rings. The summed E-state index contributed by atoms with van der Waals surface area (Å²) in [4.78, 5) is 14.8. The number of carbonyl (C=O) groups excluding carboxylic acids is 1. The lowest BCUT2D eigenvalue weighted by Crippen LogP contribution is -2.27. The van der Waals surface area contributed by atoms with Crippen LogP contribution in [0.15, 0.2) is 59.1 Å². The third-order valence-electron chi connectivity index (χ3n) is 4.48. The van der Waals surface area contributed by atoms with Crippen molar-refractivity contribution in [2.75, 3.05) is 7.05 Å². The second-order valence-electron chi connectivity index (χ2n) is 6.44. The van der Waals surface area contributed by atoms with Crippen LogP contribution in [0.5, 0.6) is 0 Å². The summed E-state index contributed by atoms with van der Waals surface area (Å²) in [6.07, 6.45) is 0. The SMILES string of the molecule is Cc1nn(Cc2ccccc2)c(C)c1C(=O)N(C)Cc1ccccc1Br. The summed E-state index contributed by atoms with van der Waals surface area (Å²) in [5.41, 5.74) is 4.60. The molecule has 0 saturated heterocycles. The van der Waals surface area contributed by atoms with Gasteiger partial charge in [-0.1, -0.05) is 64.5 Å². The van der Waals surface area contributed by atoms with Gasteiger partial charge in [-0.25, -0.2) is 0 Å². The minimum Gasteiger partial charge on any atom is -0.337 e. The van der Waals surface area contributed by atoms with Gasteiger partial charge in [-0.05, 0) is 31.0 Å². The predicted molar refractivity (Wildman–Crippen MR) is 107 cm³/mol. The third kappa shape index (κ3) is 3.88. The van der Waals surface area contributed by atoms with Gasteiger partial charge in [0.1, 0.15) is 0 Å². The van der Waals surface area contributed by atoms with Crippen molar-refractivity contribution in [1.82, 2.24) is 14.7 Å². The molecule has 3 rings (SSSR count). The molecular formula is C21H22BrN3O. The Morgan fingerprint density at radius 2 is 1.73 bits per heavy atom. The van der Waals surface area contributed by atoms with E-state index < -0.39 is 0 Å². The maximum atomic E-state index is 13.0. The molecule has 1 heterocycles. The maximum Gasteiger partial charge on any atom is 0.257 e. The number of hydrogen-bond acceptors (Lipinski definition) is 2. The highest BCUT2D eigenvalue weighted by molar-refractivity contribution is 9.10. The summed E-state index contributed by atoms with van der Waals surface area (Å²) in [6, 6.07) is 18.1. The lowest BCUT2D eigenvalue weighted by molar-refractivity contribution is 0.0783. The third-order valence-corrected chi connectivity index (χ3v) is 5.26. The molecule has 134 valence electrons. The highest BCUT2D eigenvalue weighted by Gasteiger charge is 2.22. The summed E-state index contributed by atoms with van der Waals surface area (Å²) in [5, 5.41) is 4.59. The number of nitrogens with zero attached hydrogens (tertiary/aromatic N) is 3. The second kappa shape index (κ2) is 7.87. The Balaban J connectivity index is 1.82. The van der Waals surface area contributed by atoms with E-state index in [1.807, 2.05) is 68.0 Å². The summed E-state index contributed by atoms with van der Waals surface area (Å²) >= 11 is 3.55. The quantitative estimate of drug-likeness (QED) is 0.615. The summed E-state index contributed by atoms with van der Waals surface area (Å²) in [6.45, 7) is 5.06. The van der Waals surface area contributed by atoms with Gasteiger partial charge >= 0.3 is 0 Å². The summed E-state index contributed by atoms with van der Waals surface area (Å²) < 4.78 is 2.91. The Kier molecular flexibility index (Phi) is 5.57. The van der Waals surface area contributed by atoms with E-state index in [1.54, 1.807) is 4.90 Å². The van der Waals surface area contributed by atoms with Crippen molar-refractivity contribution in [3.8, 4) is 0 Å². The number of amides is 1.